The van der Waals surface area contributed by atoms with E-state index in [1.807, 2.05) is 42.7 Å². The highest BCUT2D eigenvalue weighted by atomic mass is 35.5. The summed E-state index contributed by atoms with van der Waals surface area (Å²) in [4.78, 5) is 32.7. The number of carbonyl (C=O) groups is 2. The van der Waals surface area contributed by atoms with Gasteiger partial charge in [0.2, 0.25) is 11.8 Å². The summed E-state index contributed by atoms with van der Waals surface area (Å²) in [5.41, 5.74) is 5.12. The molecule has 0 spiro atoms. The van der Waals surface area contributed by atoms with Crippen molar-refractivity contribution in [3.63, 3.8) is 0 Å². The third-order valence-electron chi connectivity index (χ3n) is 10.3. The van der Waals surface area contributed by atoms with Gasteiger partial charge >= 0.3 is 0 Å². The third-order valence-corrected chi connectivity index (χ3v) is 10.6. The number of ether oxygens (including phenoxy) is 1. The molecule has 2 saturated carbocycles. The van der Waals surface area contributed by atoms with Crippen LogP contribution >= 0.6 is 11.6 Å². The van der Waals surface area contributed by atoms with E-state index in [0.717, 1.165) is 64.1 Å². The van der Waals surface area contributed by atoms with E-state index in [4.69, 9.17) is 21.4 Å². The average Bonchev–Trinajstić information content (AvgIpc) is 4.11. The normalized spacial score (nSPS) is 17.7. The lowest BCUT2D eigenvalue weighted by Gasteiger charge is -2.31. The Labute approximate surface area is 316 Å². The maximum atomic E-state index is 13.3. The number of carbonyl (C=O) groups excluding carboxylic acids is 2. The van der Waals surface area contributed by atoms with Gasteiger partial charge in [-0.05, 0) is 84.9 Å². The van der Waals surface area contributed by atoms with Crippen LogP contribution < -0.4 is 10.1 Å². The van der Waals surface area contributed by atoms with Crippen LogP contribution in [0.5, 0.6) is 5.75 Å². The molecule has 1 aromatic heterocycles. The van der Waals surface area contributed by atoms with Crippen LogP contribution in [0, 0.1) is 0 Å². The number of likely N-dealkylation sites (N-methyl/N-ethyl adjacent to an activating group) is 1. The molecule has 1 heterocycles. The molecular weight excluding hydrogens is 700 g/mol. The van der Waals surface area contributed by atoms with Crippen molar-refractivity contribution in [3.05, 3.63) is 82.6 Å². The average molecular weight is 753 g/mol. The highest BCUT2D eigenvalue weighted by Gasteiger charge is 2.46. The summed E-state index contributed by atoms with van der Waals surface area (Å²) in [6.07, 6.45) is 2.38. The number of nitrogens with zero attached hydrogens (tertiary/aromatic N) is 3. The lowest BCUT2D eigenvalue weighted by molar-refractivity contribution is -0.145. The van der Waals surface area contributed by atoms with Gasteiger partial charge in [0.25, 0.3) is 0 Å². The minimum atomic E-state index is -1.85. The molecule has 0 saturated heterocycles. The Morgan fingerprint density at radius 2 is 1.72 bits per heavy atom. The number of aliphatic hydroxyl groups excluding tert-OH is 5. The number of aliphatic hydroxyl groups is 5. The van der Waals surface area contributed by atoms with Crippen LogP contribution in [0.25, 0.3) is 11.1 Å². The monoisotopic (exact) mass is 752 g/mol. The Bertz CT molecular complexity index is 1700. The van der Waals surface area contributed by atoms with Crippen molar-refractivity contribution in [1.29, 1.82) is 0 Å². The molecule has 2 fully saturated rings. The van der Waals surface area contributed by atoms with Crippen molar-refractivity contribution in [2.75, 3.05) is 33.8 Å². The Kier molecular flexibility index (Phi) is 13.9. The Morgan fingerprint density at radius 1 is 1.00 bits per heavy atom. The van der Waals surface area contributed by atoms with Crippen molar-refractivity contribution >= 4 is 23.4 Å². The molecule has 5 unspecified atom stereocenters. The van der Waals surface area contributed by atoms with Gasteiger partial charge in [-0.1, -0.05) is 48.9 Å². The summed E-state index contributed by atoms with van der Waals surface area (Å²) in [5.74, 6) is 0.196. The molecule has 12 nitrogen and oxygen atoms in total. The van der Waals surface area contributed by atoms with Crippen LogP contribution in [0.15, 0.2) is 60.9 Å². The molecule has 2 aliphatic carbocycles. The predicted molar refractivity (Wildman–Crippen MR) is 201 cm³/mol. The second-order valence-electron chi connectivity index (χ2n) is 14.7. The molecule has 53 heavy (non-hydrogen) atoms. The number of amides is 2. The van der Waals surface area contributed by atoms with Crippen molar-refractivity contribution in [3.8, 4) is 16.9 Å². The second-order valence-corrected chi connectivity index (χ2v) is 15.1. The number of halogens is 1. The minimum absolute atomic E-state index is 0.0842. The van der Waals surface area contributed by atoms with Gasteiger partial charge < -0.3 is 45.4 Å². The van der Waals surface area contributed by atoms with Crippen molar-refractivity contribution in [1.82, 2.24) is 20.1 Å². The molecule has 5 atom stereocenters. The summed E-state index contributed by atoms with van der Waals surface area (Å²) in [6.45, 7) is 1.04. The van der Waals surface area contributed by atoms with Crippen molar-refractivity contribution in [2.24, 2.45) is 0 Å². The fraction of sp³-hybridized carbons (Fsp3) is 0.525. The van der Waals surface area contributed by atoms with Crippen molar-refractivity contribution in [2.45, 2.75) is 100 Å². The van der Waals surface area contributed by atoms with Crippen LogP contribution in [-0.2, 0) is 21.7 Å². The SMILES string of the molecule is CC(CCCC(=O)N(CC(=O)N(C)C)CC(O)C(O)C(O)C(O)CO)c1ccc(Cl)c(CNC2(c3cnccc3-c3ccccc3OC3CC3)CC2)c1. The van der Waals surface area contributed by atoms with E-state index in [1.54, 1.807) is 14.1 Å². The van der Waals surface area contributed by atoms with Crippen LogP contribution in [0.1, 0.15) is 74.5 Å². The van der Waals surface area contributed by atoms with Gasteiger partial charge in [-0.3, -0.25) is 14.6 Å². The van der Waals surface area contributed by atoms with E-state index in [1.165, 1.54) is 4.90 Å². The van der Waals surface area contributed by atoms with E-state index in [2.05, 4.69) is 35.4 Å². The minimum Gasteiger partial charge on any atom is -0.490 e. The molecule has 288 valence electrons. The topological polar surface area (TPSA) is 176 Å². The molecular formula is C40H53ClN4O8. The van der Waals surface area contributed by atoms with Gasteiger partial charge in [0, 0.05) is 62.1 Å². The molecule has 2 aliphatic rings. The molecule has 6 N–H and O–H groups in total. The van der Waals surface area contributed by atoms with Gasteiger partial charge in [-0.2, -0.15) is 0 Å². The van der Waals surface area contributed by atoms with Crippen molar-refractivity contribution < 1.29 is 39.9 Å². The van der Waals surface area contributed by atoms with E-state index < -0.39 is 43.5 Å². The summed E-state index contributed by atoms with van der Waals surface area (Å²) in [6, 6.07) is 16.2. The lowest BCUT2D eigenvalue weighted by Crippen LogP contribution is -2.52. The number of aromatic nitrogens is 1. The zero-order chi connectivity index (χ0) is 38.3. The maximum Gasteiger partial charge on any atom is 0.241 e. The zero-order valence-corrected chi connectivity index (χ0v) is 31.5. The molecule has 5 rings (SSSR count). The Hall–Kier alpha value is -3.62. The lowest BCUT2D eigenvalue weighted by atomic mass is 9.93. The van der Waals surface area contributed by atoms with Gasteiger partial charge in [-0.25, -0.2) is 0 Å². The molecule has 0 aliphatic heterocycles. The molecule has 2 aromatic carbocycles. The Balaban J connectivity index is 1.20. The van der Waals surface area contributed by atoms with E-state index in [0.29, 0.717) is 24.4 Å². The molecule has 0 bridgehead atoms. The number of pyridine rings is 1. The third kappa shape index (κ3) is 10.5. The molecule has 0 radical (unpaired) electrons. The van der Waals surface area contributed by atoms with Gasteiger partial charge in [0.1, 0.15) is 30.2 Å². The highest BCUT2D eigenvalue weighted by molar-refractivity contribution is 6.31. The van der Waals surface area contributed by atoms with Gasteiger partial charge in [0.05, 0.1) is 19.3 Å². The van der Waals surface area contributed by atoms with E-state index >= 15 is 0 Å². The van der Waals surface area contributed by atoms with E-state index in [-0.39, 0.29) is 36.4 Å². The van der Waals surface area contributed by atoms with Gasteiger partial charge in [-0.15, -0.1) is 0 Å². The largest absolute Gasteiger partial charge is 0.490 e. The van der Waals surface area contributed by atoms with Crippen LogP contribution in [0.2, 0.25) is 5.02 Å². The molecule has 3 aromatic rings. The number of hydrogen-bond acceptors (Lipinski definition) is 10. The first-order valence-corrected chi connectivity index (χ1v) is 18.8. The predicted octanol–water partition coefficient (Wildman–Crippen LogP) is 3.35. The zero-order valence-electron chi connectivity index (χ0n) is 30.7. The maximum absolute atomic E-state index is 13.3. The number of rotatable bonds is 20. The number of para-hydroxylation sites is 1. The van der Waals surface area contributed by atoms with Crippen LogP contribution in [0.3, 0.4) is 0 Å². The quantitative estimate of drug-likeness (QED) is 0.100. The summed E-state index contributed by atoms with van der Waals surface area (Å²) in [7, 11) is 3.09. The first-order chi connectivity index (χ1) is 25.3. The summed E-state index contributed by atoms with van der Waals surface area (Å²) in [5, 5.41) is 54.1. The Morgan fingerprint density at radius 3 is 2.40 bits per heavy atom. The smallest absolute Gasteiger partial charge is 0.241 e. The van der Waals surface area contributed by atoms with E-state index in [9.17, 15) is 30.0 Å². The standard InChI is InChI=1S/C40H53ClN4O8/c1-25(7-6-10-36(49)45(23-37(50)44(2)3)22-33(47)38(51)39(52)34(48)24-46)26-11-14-32(41)27(19-26)20-43-40(16-17-40)31-21-42-18-15-29(31)30-8-4-5-9-35(30)53-28-12-13-28/h4-5,8-9,11,14-15,18-19,21,25,28,33-34,38-39,43,46-48,51-52H,6-7,10,12-13,16-17,20,22-24H2,1-3H3. The first-order valence-electron chi connectivity index (χ1n) is 18.4. The van der Waals surface area contributed by atoms with Crippen LogP contribution in [0.4, 0.5) is 0 Å². The molecule has 2 amide bonds. The number of hydrogen-bond donors (Lipinski definition) is 6. The number of benzene rings is 2. The highest BCUT2D eigenvalue weighted by Crippen LogP contribution is 2.50. The summed E-state index contributed by atoms with van der Waals surface area (Å²) < 4.78 is 6.26. The van der Waals surface area contributed by atoms with Crippen LogP contribution in [-0.4, -0.2) is 116 Å². The fourth-order valence-electron chi connectivity index (χ4n) is 6.48. The van der Waals surface area contributed by atoms with Gasteiger partial charge in [0.15, 0.2) is 0 Å². The number of nitrogens with one attached hydrogen (secondary N) is 1. The molecule has 13 heteroatoms. The fourth-order valence-corrected chi connectivity index (χ4v) is 6.66. The first kappa shape index (κ1) is 40.6. The second kappa shape index (κ2) is 18.1. The summed E-state index contributed by atoms with van der Waals surface area (Å²) >= 11 is 6.72.